The summed E-state index contributed by atoms with van der Waals surface area (Å²) in [5.41, 5.74) is 0.899. The maximum absolute atomic E-state index is 12.5. The molecule has 0 aromatic rings. The second kappa shape index (κ2) is 5.32. The maximum atomic E-state index is 12.5. The number of hydrogen-bond acceptors (Lipinski definition) is 3. The maximum Gasteiger partial charge on any atom is 0.175 e. The molecule has 1 saturated heterocycles. The molecule has 2 rings (SSSR count). The summed E-state index contributed by atoms with van der Waals surface area (Å²) in [5.74, 6) is 0.317. The largest absolute Gasteiger partial charge is 0.379 e. The highest BCUT2D eigenvalue weighted by atomic mass is 16.5. The van der Waals surface area contributed by atoms with Crippen molar-refractivity contribution in [1.29, 1.82) is 0 Å². The number of allylic oxidation sites excluding steroid dienone is 1. The average Bonchev–Trinajstić information content (AvgIpc) is 2.79. The van der Waals surface area contributed by atoms with Gasteiger partial charge in [-0.15, -0.1) is 0 Å². The van der Waals surface area contributed by atoms with Crippen LogP contribution < -0.4 is 0 Å². The highest BCUT2D eigenvalue weighted by molar-refractivity contribution is 5.98. The molecule has 1 aliphatic carbocycles. The quantitative estimate of drug-likeness (QED) is 0.705. The van der Waals surface area contributed by atoms with Gasteiger partial charge in [-0.1, -0.05) is 18.4 Å². The number of morpholine rings is 1. The Balaban J connectivity index is 2.19. The fourth-order valence-electron chi connectivity index (χ4n) is 3.07. The van der Waals surface area contributed by atoms with E-state index in [-0.39, 0.29) is 5.54 Å². The van der Waals surface area contributed by atoms with E-state index >= 15 is 0 Å². The van der Waals surface area contributed by atoms with Crippen molar-refractivity contribution in [2.24, 2.45) is 0 Å². The first-order chi connectivity index (χ1) is 8.15. The fourth-order valence-corrected chi connectivity index (χ4v) is 3.07. The molecule has 0 bridgehead atoms. The Labute approximate surface area is 104 Å². The molecule has 2 aliphatic rings. The lowest BCUT2D eigenvalue weighted by Gasteiger charge is -2.41. The van der Waals surface area contributed by atoms with Crippen molar-refractivity contribution in [2.75, 3.05) is 26.3 Å². The third-order valence-electron chi connectivity index (χ3n) is 3.93. The molecule has 96 valence electrons. The minimum absolute atomic E-state index is 0.207. The van der Waals surface area contributed by atoms with Crippen LogP contribution in [0.15, 0.2) is 11.6 Å². The van der Waals surface area contributed by atoms with Gasteiger partial charge in [-0.05, 0) is 32.8 Å². The smallest absolute Gasteiger partial charge is 0.175 e. The molecule has 0 unspecified atom stereocenters. The van der Waals surface area contributed by atoms with Crippen LogP contribution >= 0.6 is 0 Å². The lowest BCUT2D eigenvalue weighted by atomic mass is 9.88. The zero-order valence-electron chi connectivity index (χ0n) is 11.0. The Hall–Kier alpha value is -0.670. The van der Waals surface area contributed by atoms with E-state index in [0.29, 0.717) is 5.78 Å². The van der Waals surface area contributed by atoms with Gasteiger partial charge < -0.3 is 4.74 Å². The van der Waals surface area contributed by atoms with Gasteiger partial charge in [0.1, 0.15) is 0 Å². The minimum atomic E-state index is -0.207. The molecule has 0 spiro atoms. The van der Waals surface area contributed by atoms with Gasteiger partial charge in [-0.2, -0.15) is 0 Å². The van der Waals surface area contributed by atoms with E-state index in [1.807, 2.05) is 19.9 Å². The van der Waals surface area contributed by atoms with Gasteiger partial charge in [0.2, 0.25) is 0 Å². The van der Waals surface area contributed by atoms with Crippen LogP contribution in [-0.2, 0) is 9.53 Å². The first-order valence-electron chi connectivity index (χ1n) is 6.67. The first-order valence-corrected chi connectivity index (χ1v) is 6.67. The summed E-state index contributed by atoms with van der Waals surface area (Å²) in [6, 6.07) is 0. The normalized spacial score (nSPS) is 24.6. The molecular formula is C14H23NO2. The van der Waals surface area contributed by atoms with Gasteiger partial charge in [0.15, 0.2) is 5.78 Å². The molecule has 3 nitrogen and oxygen atoms in total. The Kier molecular flexibility index (Phi) is 4.00. The van der Waals surface area contributed by atoms with Crippen LogP contribution in [-0.4, -0.2) is 42.5 Å². The standard InChI is InChI=1S/C14H23NO2/c1-12(2)11-13(16)14(5-3-4-6-14)15-7-9-17-10-8-15/h11H,3-10H2,1-2H3. The molecule has 0 atom stereocenters. The highest BCUT2D eigenvalue weighted by Crippen LogP contribution is 2.37. The van der Waals surface area contributed by atoms with Crippen LogP contribution in [0, 0.1) is 0 Å². The van der Waals surface area contributed by atoms with Crippen LogP contribution in [0.2, 0.25) is 0 Å². The molecule has 0 amide bonds. The third kappa shape index (κ3) is 2.61. The predicted molar refractivity (Wildman–Crippen MR) is 68.0 cm³/mol. The van der Waals surface area contributed by atoms with Crippen molar-refractivity contribution >= 4 is 5.78 Å². The van der Waals surface area contributed by atoms with Crippen LogP contribution in [0.25, 0.3) is 0 Å². The molecule has 0 aromatic heterocycles. The van der Waals surface area contributed by atoms with Gasteiger partial charge in [0.25, 0.3) is 0 Å². The third-order valence-corrected chi connectivity index (χ3v) is 3.93. The van der Waals surface area contributed by atoms with Gasteiger partial charge >= 0.3 is 0 Å². The van der Waals surface area contributed by atoms with E-state index in [1.54, 1.807) is 0 Å². The molecule has 17 heavy (non-hydrogen) atoms. The van der Waals surface area contributed by atoms with Crippen molar-refractivity contribution in [3.8, 4) is 0 Å². The number of hydrogen-bond donors (Lipinski definition) is 0. The van der Waals surface area contributed by atoms with Gasteiger partial charge in [-0.3, -0.25) is 9.69 Å². The second-order valence-corrected chi connectivity index (χ2v) is 5.42. The van der Waals surface area contributed by atoms with Crippen LogP contribution in [0.4, 0.5) is 0 Å². The summed E-state index contributed by atoms with van der Waals surface area (Å²) >= 11 is 0. The molecular weight excluding hydrogens is 214 g/mol. The summed E-state index contributed by atoms with van der Waals surface area (Å²) in [4.78, 5) is 14.9. The van der Waals surface area contributed by atoms with Crippen LogP contribution in [0.5, 0.6) is 0 Å². The zero-order valence-corrected chi connectivity index (χ0v) is 11.0. The van der Waals surface area contributed by atoms with Crippen molar-refractivity contribution in [2.45, 2.75) is 45.1 Å². The van der Waals surface area contributed by atoms with E-state index in [9.17, 15) is 4.79 Å². The average molecular weight is 237 g/mol. The van der Waals surface area contributed by atoms with Gasteiger partial charge in [0.05, 0.1) is 18.8 Å². The molecule has 1 saturated carbocycles. The van der Waals surface area contributed by atoms with E-state index in [0.717, 1.165) is 44.7 Å². The lowest BCUT2D eigenvalue weighted by molar-refractivity contribution is -0.129. The number of rotatable bonds is 3. The topological polar surface area (TPSA) is 29.5 Å². The number of carbonyl (C=O) groups is 1. The Bertz CT molecular complexity index is 306. The monoisotopic (exact) mass is 237 g/mol. The first kappa shape index (κ1) is 12.8. The molecule has 2 fully saturated rings. The SMILES string of the molecule is CC(C)=CC(=O)C1(N2CCOCC2)CCCC1. The molecule has 1 heterocycles. The number of nitrogens with zero attached hydrogens (tertiary/aromatic N) is 1. The number of ether oxygens (including phenoxy) is 1. The summed E-state index contributed by atoms with van der Waals surface area (Å²) < 4.78 is 5.40. The minimum Gasteiger partial charge on any atom is -0.379 e. The molecule has 1 aliphatic heterocycles. The van der Waals surface area contributed by atoms with Gasteiger partial charge in [-0.25, -0.2) is 0 Å². The summed E-state index contributed by atoms with van der Waals surface area (Å²) in [5, 5.41) is 0. The van der Waals surface area contributed by atoms with E-state index in [1.165, 1.54) is 12.8 Å². The molecule has 0 N–H and O–H groups in total. The Morgan fingerprint density at radius 1 is 1.18 bits per heavy atom. The summed E-state index contributed by atoms with van der Waals surface area (Å²) in [6.45, 7) is 7.35. The van der Waals surface area contributed by atoms with Gasteiger partial charge in [0, 0.05) is 13.1 Å². The van der Waals surface area contributed by atoms with Crippen molar-refractivity contribution in [3.63, 3.8) is 0 Å². The molecule has 3 heteroatoms. The Morgan fingerprint density at radius 3 is 2.29 bits per heavy atom. The predicted octanol–water partition coefficient (Wildman–Crippen LogP) is 2.17. The molecule has 0 aromatic carbocycles. The Morgan fingerprint density at radius 2 is 1.76 bits per heavy atom. The number of carbonyl (C=O) groups excluding carboxylic acids is 1. The van der Waals surface area contributed by atoms with Crippen molar-refractivity contribution in [1.82, 2.24) is 4.90 Å². The second-order valence-electron chi connectivity index (χ2n) is 5.42. The summed E-state index contributed by atoms with van der Waals surface area (Å²) in [7, 11) is 0. The lowest BCUT2D eigenvalue weighted by Crippen LogP contribution is -2.56. The van der Waals surface area contributed by atoms with E-state index in [4.69, 9.17) is 4.74 Å². The highest BCUT2D eigenvalue weighted by Gasteiger charge is 2.44. The van der Waals surface area contributed by atoms with Crippen molar-refractivity contribution in [3.05, 3.63) is 11.6 Å². The van der Waals surface area contributed by atoms with Crippen LogP contribution in [0.3, 0.4) is 0 Å². The fraction of sp³-hybridized carbons (Fsp3) is 0.786. The zero-order chi connectivity index (χ0) is 12.3. The van der Waals surface area contributed by atoms with E-state index < -0.39 is 0 Å². The van der Waals surface area contributed by atoms with Crippen molar-refractivity contribution < 1.29 is 9.53 Å². The summed E-state index contributed by atoms with van der Waals surface area (Å²) in [6.07, 6.45) is 6.24. The van der Waals surface area contributed by atoms with Crippen LogP contribution in [0.1, 0.15) is 39.5 Å². The molecule has 0 radical (unpaired) electrons. The number of ketones is 1. The van der Waals surface area contributed by atoms with E-state index in [2.05, 4.69) is 4.90 Å².